The number of hydrogen-bond donors (Lipinski definition) is 1. The SMILES string of the molecule is CC[C@H](C)NC(=O)[C@H](CC)N(Cc1ccccc1)C(=O)COc1ccc(Br)c(C)c1. The molecule has 0 fully saturated rings. The second-order valence-electron chi connectivity index (χ2n) is 7.45. The lowest BCUT2D eigenvalue weighted by atomic mass is 10.1. The summed E-state index contributed by atoms with van der Waals surface area (Å²) in [4.78, 5) is 27.7. The van der Waals surface area contributed by atoms with E-state index in [1.807, 2.05) is 76.2 Å². The van der Waals surface area contributed by atoms with E-state index in [4.69, 9.17) is 4.74 Å². The average molecular weight is 475 g/mol. The van der Waals surface area contributed by atoms with Gasteiger partial charge in [-0.05, 0) is 56.0 Å². The summed E-state index contributed by atoms with van der Waals surface area (Å²) in [5, 5.41) is 3.01. The lowest BCUT2D eigenvalue weighted by Crippen LogP contribution is -2.51. The van der Waals surface area contributed by atoms with Gasteiger partial charge in [-0.2, -0.15) is 0 Å². The van der Waals surface area contributed by atoms with E-state index in [9.17, 15) is 9.59 Å². The summed E-state index contributed by atoms with van der Waals surface area (Å²) < 4.78 is 6.74. The maximum Gasteiger partial charge on any atom is 0.261 e. The van der Waals surface area contributed by atoms with E-state index in [0.717, 1.165) is 22.0 Å². The Morgan fingerprint density at radius 1 is 1.10 bits per heavy atom. The molecule has 0 aliphatic carbocycles. The highest BCUT2D eigenvalue weighted by Crippen LogP contribution is 2.22. The number of amides is 2. The lowest BCUT2D eigenvalue weighted by Gasteiger charge is -2.31. The van der Waals surface area contributed by atoms with Gasteiger partial charge in [-0.15, -0.1) is 0 Å². The Balaban J connectivity index is 2.18. The Hall–Kier alpha value is -2.34. The van der Waals surface area contributed by atoms with Crippen LogP contribution in [-0.2, 0) is 16.1 Å². The van der Waals surface area contributed by atoms with E-state index in [0.29, 0.717) is 18.7 Å². The van der Waals surface area contributed by atoms with Gasteiger partial charge >= 0.3 is 0 Å². The van der Waals surface area contributed by atoms with Crippen molar-refractivity contribution in [1.82, 2.24) is 10.2 Å². The number of rotatable bonds is 10. The van der Waals surface area contributed by atoms with E-state index in [1.54, 1.807) is 4.90 Å². The molecule has 0 aliphatic rings. The lowest BCUT2D eigenvalue weighted by molar-refractivity contribution is -0.143. The van der Waals surface area contributed by atoms with Gasteiger partial charge in [-0.25, -0.2) is 0 Å². The number of carbonyl (C=O) groups is 2. The Kier molecular flexibility index (Phi) is 9.37. The second-order valence-corrected chi connectivity index (χ2v) is 8.30. The van der Waals surface area contributed by atoms with Gasteiger partial charge in [0, 0.05) is 17.1 Å². The van der Waals surface area contributed by atoms with Crippen molar-refractivity contribution < 1.29 is 14.3 Å². The number of nitrogens with one attached hydrogen (secondary N) is 1. The molecule has 0 spiro atoms. The summed E-state index contributed by atoms with van der Waals surface area (Å²) in [7, 11) is 0. The van der Waals surface area contributed by atoms with Crippen molar-refractivity contribution in [3.8, 4) is 5.75 Å². The highest BCUT2D eigenvalue weighted by atomic mass is 79.9. The zero-order valence-electron chi connectivity index (χ0n) is 18.2. The molecule has 30 heavy (non-hydrogen) atoms. The van der Waals surface area contributed by atoms with Crippen LogP contribution in [0.4, 0.5) is 0 Å². The van der Waals surface area contributed by atoms with Gasteiger partial charge < -0.3 is 15.0 Å². The van der Waals surface area contributed by atoms with Crippen LogP contribution in [0.25, 0.3) is 0 Å². The van der Waals surface area contributed by atoms with E-state index < -0.39 is 6.04 Å². The van der Waals surface area contributed by atoms with Crippen LogP contribution in [0, 0.1) is 6.92 Å². The van der Waals surface area contributed by atoms with Crippen LogP contribution in [0.15, 0.2) is 53.0 Å². The second kappa shape index (κ2) is 11.7. The van der Waals surface area contributed by atoms with Crippen molar-refractivity contribution >= 4 is 27.7 Å². The topological polar surface area (TPSA) is 58.6 Å². The molecule has 0 bridgehead atoms. The number of hydrogen-bond acceptors (Lipinski definition) is 3. The zero-order valence-corrected chi connectivity index (χ0v) is 19.7. The van der Waals surface area contributed by atoms with Crippen LogP contribution >= 0.6 is 15.9 Å². The molecule has 0 saturated heterocycles. The summed E-state index contributed by atoms with van der Waals surface area (Å²) in [6.07, 6.45) is 1.36. The van der Waals surface area contributed by atoms with Crippen molar-refractivity contribution in [3.63, 3.8) is 0 Å². The number of nitrogens with zero attached hydrogens (tertiary/aromatic N) is 1. The summed E-state index contributed by atoms with van der Waals surface area (Å²) in [6, 6.07) is 14.8. The largest absolute Gasteiger partial charge is 0.484 e. The molecule has 0 radical (unpaired) electrons. The molecule has 0 saturated carbocycles. The molecule has 5 nitrogen and oxygen atoms in total. The standard InChI is InChI=1S/C24H31BrN2O3/c1-5-18(4)26-24(29)22(6-2)27(15-19-10-8-7-9-11-19)23(28)16-30-20-12-13-21(25)17(3)14-20/h7-14,18,22H,5-6,15-16H2,1-4H3,(H,26,29)/t18-,22-/m0/s1. The fourth-order valence-corrected chi connectivity index (χ4v) is 3.32. The molecule has 2 atom stereocenters. The van der Waals surface area contributed by atoms with E-state index in [2.05, 4.69) is 21.2 Å². The predicted octanol–water partition coefficient (Wildman–Crippen LogP) is 4.86. The van der Waals surface area contributed by atoms with Crippen LogP contribution < -0.4 is 10.1 Å². The Labute approximate surface area is 187 Å². The first-order chi connectivity index (χ1) is 14.3. The van der Waals surface area contributed by atoms with Crippen molar-refractivity contribution in [2.75, 3.05) is 6.61 Å². The molecule has 162 valence electrons. The van der Waals surface area contributed by atoms with Gasteiger partial charge in [0.15, 0.2) is 6.61 Å². The Morgan fingerprint density at radius 3 is 2.40 bits per heavy atom. The third-order valence-electron chi connectivity index (χ3n) is 5.07. The first kappa shape index (κ1) is 23.9. The van der Waals surface area contributed by atoms with E-state index >= 15 is 0 Å². The van der Waals surface area contributed by atoms with E-state index in [-0.39, 0.29) is 24.5 Å². The first-order valence-electron chi connectivity index (χ1n) is 10.4. The van der Waals surface area contributed by atoms with Crippen molar-refractivity contribution in [2.45, 2.75) is 59.2 Å². The molecule has 1 N–H and O–H groups in total. The minimum Gasteiger partial charge on any atom is -0.484 e. The van der Waals surface area contributed by atoms with Gasteiger partial charge in [0.1, 0.15) is 11.8 Å². The number of benzene rings is 2. The van der Waals surface area contributed by atoms with Crippen LogP contribution in [-0.4, -0.2) is 35.4 Å². The maximum atomic E-state index is 13.1. The number of ether oxygens (including phenoxy) is 1. The third-order valence-corrected chi connectivity index (χ3v) is 5.96. The van der Waals surface area contributed by atoms with Crippen LogP contribution in [0.3, 0.4) is 0 Å². The quantitative estimate of drug-likeness (QED) is 0.534. The molecule has 2 amide bonds. The number of carbonyl (C=O) groups excluding carboxylic acids is 2. The third kappa shape index (κ3) is 6.87. The average Bonchev–Trinajstić information content (AvgIpc) is 2.74. The Bertz CT molecular complexity index is 842. The molecule has 2 aromatic carbocycles. The first-order valence-corrected chi connectivity index (χ1v) is 11.2. The summed E-state index contributed by atoms with van der Waals surface area (Å²) >= 11 is 3.46. The molecular weight excluding hydrogens is 444 g/mol. The van der Waals surface area contributed by atoms with Crippen LogP contribution in [0.5, 0.6) is 5.75 Å². The molecular formula is C24H31BrN2O3. The molecule has 0 unspecified atom stereocenters. The molecule has 0 aliphatic heterocycles. The van der Waals surface area contributed by atoms with Gasteiger partial charge in [-0.1, -0.05) is 60.1 Å². The van der Waals surface area contributed by atoms with Gasteiger partial charge in [0.05, 0.1) is 0 Å². The van der Waals surface area contributed by atoms with Crippen molar-refractivity contribution in [2.24, 2.45) is 0 Å². The fourth-order valence-electron chi connectivity index (χ4n) is 3.08. The minimum atomic E-state index is -0.554. The molecule has 2 rings (SSSR count). The van der Waals surface area contributed by atoms with Crippen molar-refractivity contribution in [3.05, 3.63) is 64.1 Å². The molecule has 6 heteroatoms. The highest BCUT2D eigenvalue weighted by molar-refractivity contribution is 9.10. The highest BCUT2D eigenvalue weighted by Gasteiger charge is 2.29. The smallest absolute Gasteiger partial charge is 0.261 e. The zero-order chi connectivity index (χ0) is 22.1. The Morgan fingerprint density at radius 2 is 1.80 bits per heavy atom. The maximum absolute atomic E-state index is 13.1. The van der Waals surface area contributed by atoms with Crippen molar-refractivity contribution in [1.29, 1.82) is 0 Å². The fraction of sp³-hybridized carbons (Fsp3) is 0.417. The van der Waals surface area contributed by atoms with Gasteiger partial charge in [0.25, 0.3) is 5.91 Å². The van der Waals surface area contributed by atoms with Crippen LogP contribution in [0.1, 0.15) is 44.7 Å². The number of aryl methyl sites for hydroxylation is 1. The van der Waals surface area contributed by atoms with Crippen LogP contribution in [0.2, 0.25) is 0 Å². The van der Waals surface area contributed by atoms with E-state index in [1.165, 1.54) is 0 Å². The minimum absolute atomic E-state index is 0.0576. The monoisotopic (exact) mass is 474 g/mol. The summed E-state index contributed by atoms with van der Waals surface area (Å²) in [5.74, 6) is 0.280. The number of halogens is 1. The van der Waals surface area contributed by atoms with Gasteiger partial charge in [-0.3, -0.25) is 9.59 Å². The molecule has 2 aromatic rings. The molecule has 0 heterocycles. The molecule has 0 aromatic heterocycles. The summed E-state index contributed by atoms with van der Waals surface area (Å²) in [6.45, 7) is 8.10. The normalized spacial score (nSPS) is 12.7. The predicted molar refractivity (Wildman–Crippen MR) is 123 cm³/mol. The van der Waals surface area contributed by atoms with Gasteiger partial charge in [0.2, 0.25) is 5.91 Å². The summed E-state index contributed by atoms with van der Waals surface area (Å²) in [5.41, 5.74) is 2.00.